The Morgan fingerprint density at radius 3 is 1.72 bits per heavy atom. The maximum atomic E-state index is 7.57. The average molecular weight is 867 g/mol. The van der Waals surface area contributed by atoms with Crippen molar-refractivity contribution >= 4 is 62.7 Å². The predicted octanol–water partition coefficient (Wildman–Crippen LogP) is 15.5. The van der Waals surface area contributed by atoms with Gasteiger partial charge in [0.15, 0.2) is 0 Å². The first-order valence-corrected chi connectivity index (χ1v) is 24.8. The van der Waals surface area contributed by atoms with Gasteiger partial charge in [0.05, 0.1) is 17.4 Å². The van der Waals surface area contributed by atoms with E-state index in [9.17, 15) is 0 Å². The zero-order chi connectivity index (χ0) is 47.5. The van der Waals surface area contributed by atoms with Crippen LogP contribution in [0, 0.1) is 17.8 Å². The Hall–Kier alpha value is -4.44. The van der Waals surface area contributed by atoms with Crippen molar-refractivity contribution in [3.05, 3.63) is 117 Å². The summed E-state index contributed by atoms with van der Waals surface area (Å²) >= 11 is 0. The fraction of sp³-hybridized carbons (Fsp3) is 0.508. The lowest BCUT2D eigenvalue weighted by atomic mass is 9.35. The second kappa shape index (κ2) is 14.3. The van der Waals surface area contributed by atoms with E-state index in [1.807, 2.05) is 0 Å². The van der Waals surface area contributed by atoms with Crippen molar-refractivity contribution in [1.82, 2.24) is 0 Å². The highest BCUT2D eigenvalue weighted by atomic mass is 16.3. The Morgan fingerprint density at radius 1 is 0.600 bits per heavy atom. The monoisotopic (exact) mass is 867 g/mol. The van der Waals surface area contributed by atoms with Crippen LogP contribution < -0.4 is 26.4 Å². The van der Waals surface area contributed by atoms with Gasteiger partial charge in [0.25, 0.3) is 6.71 Å². The fourth-order valence-corrected chi connectivity index (χ4v) is 11.3. The lowest BCUT2D eigenvalue weighted by Crippen LogP contribution is -2.63. The van der Waals surface area contributed by atoms with E-state index in [0.717, 1.165) is 17.7 Å². The van der Waals surface area contributed by atoms with Gasteiger partial charge in [-0.1, -0.05) is 167 Å². The summed E-state index contributed by atoms with van der Waals surface area (Å²) in [6.45, 7) is 47.6. The van der Waals surface area contributed by atoms with E-state index < -0.39 is 0 Å². The van der Waals surface area contributed by atoms with Gasteiger partial charge >= 0.3 is 0 Å². The quantitative estimate of drug-likeness (QED) is 0.162. The van der Waals surface area contributed by atoms with Crippen LogP contribution in [0.5, 0.6) is 0 Å². The van der Waals surface area contributed by atoms with Crippen molar-refractivity contribution in [2.24, 2.45) is 10.8 Å². The third kappa shape index (κ3) is 7.56. The summed E-state index contributed by atoms with van der Waals surface area (Å²) in [7, 11) is 0. The minimum absolute atomic E-state index is 0.00105. The van der Waals surface area contributed by atoms with Crippen LogP contribution in [-0.2, 0) is 27.1 Å². The summed E-state index contributed by atoms with van der Waals surface area (Å²) < 4.78 is 7.57. The molecule has 5 aromatic rings. The zero-order valence-corrected chi connectivity index (χ0v) is 44.0. The van der Waals surface area contributed by atoms with Crippen LogP contribution >= 0.6 is 0 Å². The molecule has 4 heteroatoms. The molecule has 342 valence electrons. The van der Waals surface area contributed by atoms with E-state index in [4.69, 9.17) is 4.42 Å². The van der Waals surface area contributed by atoms with Gasteiger partial charge in [-0.2, -0.15) is 0 Å². The summed E-state index contributed by atoms with van der Waals surface area (Å²) in [6, 6.07) is 24.9. The Bertz CT molecular complexity index is 2810. The van der Waals surface area contributed by atoms with E-state index in [-0.39, 0.29) is 50.7 Å². The number of allylic oxidation sites excluding steroid dienone is 2. The Labute approximate surface area is 394 Å². The zero-order valence-electron chi connectivity index (χ0n) is 44.0. The van der Waals surface area contributed by atoms with Crippen LogP contribution in [0.15, 0.2) is 88.4 Å². The highest BCUT2D eigenvalue weighted by molar-refractivity contribution is 6.99. The third-order valence-electron chi connectivity index (χ3n) is 15.9. The molecule has 4 aromatic carbocycles. The minimum Gasteiger partial charge on any atom is -0.468 e. The van der Waals surface area contributed by atoms with Gasteiger partial charge in [-0.05, 0) is 156 Å². The van der Waals surface area contributed by atoms with E-state index in [0.29, 0.717) is 0 Å². The standard InChI is InChI=1S/C61H79BN2O/c1-36-25-49-52-50(26-36)64(43-31-40(58(11,12)13)28-41(32-43)59(14,15)16)53-44-22-21-37(55(2,3)4)33-51(44)65-54(53)62(52)47-34-45-46(61(19,20)24-23-60(45,17)18)35-48(47)63(49)42-29-38(56(5,6)7)27-39(30-42)57(8,9)10/h21-22,25-29,31-35,42H,23-24,30H2,1-20H3. The fourth-order valence-electron chi connectivity index (χ4n) is 11.3. The van der Waals surface area contributed by atoms with Gasteiger partial charge in [0.1, 0.15) is 5.58 Å². The van der Waals surface area contributed by atoms with Crippen molar-refractivity contribution in [3.8, 4) is 0 Å². The number of aryl methyl sites for hydroxylation is 1. The lowest BCUT2D eigenvalue weighted by molar-refractivity contribution is 0.332. The number of fused-ring (bicyclic) bond motifs is 7. The Kier molecular flexibility index (Phi) is 10.0. The number of hydrogen-bond acceptors (Lipinski definition) is 3. The highest BCUT2D eigenvalue weighted by Gasteiger charge is 2.50. The van der Waals surface area contributed by atoms with Gasteiger partial charge in [0.2, 0.25) is 0 Å². The minimum atomic E-state index is -0.0881. The van der Waals surface area contributed by atoms with Gasteiger partial charge in [0, 0.05) is 28.1 Å². The molecule has 0 saturated carbocycles. The van der Waals surface area contributed by atoms with Crippen LogP contribution in [-0.4, -0.2) is 12.8 Å². The summed E-state index contributed by atoms with van der Waals surface area (Å²) in [5, 5.41) is 1.17. The molecule has 1 aromatic heterocycles. The molecular weight excluding hydrogens is 787 g/mol. The number of benzene rings is 4. The first-order chi connectivity index (χ1) is 29.8. The number of rotatable bonds is 2. The summed E-state index contributed by atoms with van der Waals surface area (Å²) in [5.41, 5.74) is 22.3. The van der Waals surface area contributed by atoms with Gasteiger partial charge in [-0.15, -0.1) is 0 Å². The van der Waals surface area contributed by atoms with Crippen molar-refractivity contribution in [2.75, 3.05) is 9.80 Å². The third-order valence-corrected chi connectivity index (χ3v) is 15.9. The van der Waals surface area contributed by atoms with Crippen LogP contribution in [0.1, 0.15) is 184 Å². The Balaban J connectivity index is 1.44. The van der Waals surface area contributed by atoms with E-state index >= 15 is 0 Å². The van der Waals surface area contributed by atoms with Crippen molar-refractivity contribution in [1.29, 1.82) is 0 Å². The molecule has 2 aliphatic heterocycles. The van der Waals surface area contributed by atoms with Crippen LogP contribution in [0.4, 0.5) is 28.4 Å². The molecule has 0 bridgehead atoms. The van der Waals surface area contributed by atoms with Crippen LogP contribution in [0.25, 0.3) is 11.0 Å². The molecule has 65 heavy (non-hydrogen) atoms. The van der Waals surface area contributed by atoms with Gasteiger partial charge < -0.3 is 14.2 Å². The smallest absolute Gasteiger partial charge is 0.297 e. The first kappa shape index (κ1) is 45.7. The summed E-state index contributed by atoms with van der Waals surface area (Å²) in [5.74, 6) is 0. The number of nitrogens with zero attached hydrogens (tertiary/aromatic N) is 2. The average Bonchev–Trinajstić information content (AvgIpc) is 3.55. The van der Waals surface area contributed by atoms with Crippen molar-refractivity contribution in [3.63, 3.8) is 0 Å². The lowest BCUT2D eigenvalue weighted by Gasteiger charge is -2.49. The van der Waals surface area contributed by atoms with Crippen LogP contribution in [0.2, 0.25) is 0 Å². The van der Waals surface area contributed by atoms with Crippen LogP contribution in [0.3, 0.4) is 0 Å². The SMILES string of the molecule is Cc1cc2c3c(c1)N(C1C=C(C(C)(C)C)C=C(C(C)(C)C)C1)c1cc4c(cc1B3c1oc3cc(C(C)(C)C)ccc3c1N2c1cc(C(C)(C)C)cc(C(C)(C)C)c1)C(C)(C)CCC4(C)C. The molecule has 0 saturated heterocycles. The highest BCUT2D eigenvalue weighted by Crippen LogP contribution is 2.52. The second-order valence-corrected chi connectivity index (χ2v) is 27.2. The van der Waals surface area contributed by atoms with Crippen molar-refractivity contribution < 1.29 is 4.42 Å². The molecule has 1 unspecified atom stereocenters. The van der Waals surface area contributed by atoms with Crippen molar-refractivity contribution in [2.45, 2.75) is 191 Å². The number of furan rings is 1. The van der Waals surface area contributed by atoms with E-state index in [2.05, 4.69) is 221 Å². The summed E-state index contributed by atoms with van der Waals surface area (Å²) in [4.78, 5) is 5.42. The molecule has 0 fully saturated rings. The molecule has 2 aliphatic carbocycles. The topological polar surface area (TPSA) is 19.6 Å². The predicted molar refractivity (Wildman–Crippen MR) is 284 cm³/mol. The molecule has 4 aliphatic rings. The molecule has 3 heterocycles. The molecule has 9 rings (SSSR count). The molecule has 3 nitrogen and oxygen atoms in total. The van der Waals surface area contributed by atoms with E-state index in [1.54, 1.807) is 0 Å². The second-order valence-electron chi connectivity index (χ2n) is 27.2. The normalized spacial score (nSPS) is 19.4. The Morgan fingerprint density at radius 2 is 1.17 bits per heavy atom. The molecular formula is C61H79BN2O. The molecule has 1 atom stereocenters. The maximum absolute atomic E-state index is 7.57. The molecule has 0 spiro atoms. The van der Waals surface area contributed by atoms with Gasteiger partial charge in [-0.25, -0.2) is 0 Å². The first-order valence-electron chi connectivity index (χ1n) is 24.8. The largest absolute Gasteiger partial charge is 0.468 e. The molecule has 0 amide bonds. The number of anilines is 5. The summed E-state index contributed by atoms with van der Waals surface area (Å²) in [6.07, 6.45) is 8.48. The molecule has 0 radical (unpaired) electrons. The maximum Gasteiger partial charge on any atom is 0.297 e. The molecule has 0 N–H and O–H groups in total. The van der Waals surface area contributed by atoms with Gasteiger partial charge in [-0.3, -0.25) is 0 Å². The number of hydrogen-bond donors (Lipinski definition) is 0. The van der Waals surface area contributed by atoms with E-state index in [1.165, 1.54) is 102 Å².